The van der Waals surface area contributed by atoms with Crippen molar-refractivity contribution in [2.45, 2.75) is 40.0 Å². The second kappa shape index (κ2) is 10.1. The molecule has 0 spiro atoms. The van der Waals surface area contributed by atoms with Gasteiger partial charge in [0.05, 0.1) is 22.5 Å². The molecular formula is C27H27Cl2O4P. The van der Waals surface area contributed by atoms with Crippen LogP contribution in [0.2, 0.25) is 10.0 Å². The molecule has 0 radical (unpaired) electrons. The van der Waals surface area contributed by atoms with Gasteiger partial charge in [0.15, 0.2) is 19.3 Å². The third-order valence-corrected chi connectivity index (χ3v) is 8.16. The number of aryl methyl sites for hydroxylation is 2. The molecule has 0 N–H and O–H groups in total. The second-order valence-electron chi connectivity index (χ2n) is 9.22. The Hall–Kier alpha value is -2.39. The summed E-state index contributed by atoms with van der Waals surface area (Å²) in [5.74, 6) is -0.375. The van der Waals surface area contributed by atoms with E-state index in [1.807, 2.05) is 26.0 Å². The van der Waals surface area contributed by atoms with Crippen molar-refractivity contribution in [1.29, 1.82) is 0 Å². The van der Waals surface area contributed by atoms with Crippen molar-refractivity contribution in [3.63, 3.8) is 0 Å². The highest BCUT2D eigenvalue weighted by Crippen LogP contribution is 2.41. The first-order valence-electron chi connectivity index (χ1n) is 10.7. The quantitative estimate of drug-likeness (QED) is 0.257. The Morgan fingerprint density at radius 2 is 1.50 bits per heavy atom. The van der Waals surface area contributed by atoms with E-state index in [2.05, 4.69) is 20.8 Å². The largest absolute Gasteiger partial charge is 0.494 e. The van der Waals surface area contributed by atoms with Crippen LogP contribution in [0.1, 0.15) is 63.7 Å². The van der Waals surface area contributed by atoms with Gasteiger partial charge in [0.25, 0.3) is 0 Å². The molecular weight excluding hydrogens is 490 g/mol. The van der Waals surface area contributed by atoms with Gasteiger partial charge in [-0.2, -0.15) is 0 Å². The van der Waals surface area contributed by atoms with E-state index in [0.717, 1.165) is 16.7 Å². The van der Waals surface area contributed by atoms with Crippen molar-refractivity contribution in [3.05, 3.63) is 92.0 Å². The molecule has 0 heterocycles. The molecule has 3 aromatic carbocycles. The molecule has 0 bridgehead atoms. The monoisotopic (exact) mass is 516 g/mol. The maximum absolute atomic E-state index is 13.6. The summed E-state index contributed by atoms with van der Waals surface area (Å²) in [6.45, 7) is 9.94. The predicted molar refractivity (Wildman–Crippen MR) is 140 cm³/mol. The fourth-order valence-corrected chi connectivity index (χ4v) is 6.31. The highest BCUT2D eigenvalue weighted by Gasteiger charge is 2.30. The standard InChI is InChI=1S/C27H27Cl2O4P/c1-15-12-18(27(3,4)5)13-16(2)21(15)26(31)34(32)25-20(28)14-19(22(29)24(25)33-6)23(30)17-10-8-7-9-11-17/h7-14,34H,1-6H3. The van der Waals surface area contributed by atoms with Gasteiger partial charge in [-0.25, -0.2) is 0 Å². The minimum absolute atomic E-state index is 0.000567. The number of halogens is 2. The van der Waals surface area contributed by atoms with E-state index in [0.29, 0.717) is 11.1 Å². The third kappa shape index (κ3) is 5.00. The maximum Gasteiger partial charge on any atom is 0.223 e. The van der Waals surface area contributed by atoms with Crippen LogP contribution >= 0.6 is 31.0 Å². The van der Waals surface area contributed by atoms with E-state index in [1.165, 1.54) is 13.2 Å². The van der Waals surface area contributed by atoms with Gasteiger partial charge < -0.3 is 9.30 Å². The summed E-state index contributed by atoms with van der Waals surface area (Å²) in [7, 11) is -1.79. The number of carbonyl (C=O) groups is 2. The molecule has 178 valence electrons. The smallest absolute Gasteiger partial charge is 0.223 e. The van der Waals surface area contributed by atoms with Gasteiger partial charge >= 0.3 is 0 Å². The molecule has 7 heteroatoms. The number of benzene rings is 3. The zero-order valence-electron chi connectivity index (χ0n) is 20.0. The number of methoxy groups -OCH3 is 1. The highest BCUT2D eigenvalue weighted by atomic mass is 35.5. The Morgan fingerprint density at radius 1 is 0.941 bits per heavy atom. The first kappa shape index (κ1) is 26.2. The Bertz CT molecular complexity index is 1290. The molecule has 0 aromatic heterocycles. The molecule has 0 aliphatic carbocycles. The molecule has 4 nitrogen and oxygen atoms in total. The van der Waals surface area contributed by atoms with E-state index in [1.54, 1.807) is 30.3 Å². The number of ether oxygens (including phenoxy) is 1. The summed E-state index contributed by atoms with van der Waals surface area (Å²) in [5, 5.41) is -0.00899. The Morgan fingerprint density at radius 3 is 2.00 bits per heavy atom. The Kier molecular flexibility index (Phi) is 7.77. The van der Waals surface area contributed by atoms with Gasteiger partial charge in [-0.1, -0.05) is 86.4 Å². The van der Waals surface area contributed by atoms with E-state index in [4.69, 9.17) is 27.9 Å². The van der Waals surface area contributed by atoms with E-state index in [-0.39, 0.29) is 37.9 Å². The van der Waals surface area contributed by atoms with Gasteiger partial charge in [0.1, 0.15) is 0 Å². The van der Waals surface area contributed by atoms with E-state index < -0.39 is 13.3 Å². The van der Waals surface area contributed by atoms with Crippen LogP contribution in [-0.2, 0) is 9.98 Å². The summed E-state index contributed by atoms with van der Waals surface area (Å²) in [6, 6.07) is 13.8. The topological polar surface area (TPSA) is 60.4 Å². The first-order chi connectivity index (χ1) is 15.9. The molecule has 0 aliphatic rings. The van der Waals surface area contributed by atoms with Crippen molar-refractivity contribution in [1.82, 2.24) is 0 Å². The predicted octanol–water partition coefficient (Wildman–Crippen LogP) is 7.17. The van der Waals surface area contributed by atoms with E-state index in [9.17, 15) is 14.2 Å². The first-order valence-corrected chi connectivity index (χ1v) is 12.9. The normalized spacial score (nSPS) is 12.4. The zero-order chi connectivity index (χ0) is 25.4. The third-order valence-electron chi connectivity index (χ3n) is 5.72. The van der Waals surface area contributed by atoms with Crippen molar-refractivity contribution >= 4 is 47.6 Å². The van der Waals surface area contributed by atoms with Crippen LogP contribution in [0.15, 0.2) is 48.5 Å². The molecule has 1 atom stereocenters. The van der Waals surface area contributed by atoms with Crippen molar-refractivity contribution in [2.75, 3.05) is 7.11 Å². The number of rotatable bonds is 6. The van der Waals surface area contributed by atoms with Gasteiger partial charge in [0, 0.05) is 16.7 Å². The van der Waals surface area contributed by atoms with Crippen LogP contribution in [0.4, 0.5) is 0 Å². The lowest BCUT2D eigenvalue weighted by Crippen LogP contribution is -2.16. The minimum atomic E-state index is -3.13. The van der Waals surface area contributed by atoms with Gasteiger partial charge in [-0.3, -0.25) is 9.59 Å². The molecule has 0 saturated heterocycles. The van der Waals surface area contributed by atoms with Crippen LogP contribution in [0, 0.1) is 13.8 Å². The molecule has 3 aromatic rings. The van der Waals surface area contributed by atoms with Gasteiger partial charge in [-0.15, -0.1) is 0 Å². The number of carbonyl (C=O) groups excluding carboxylic acids is 2. The van der Waals surface area contributed by atoms with Crippen LogP contribution < -0.4 is 10.0 Å². The summed E-state index contributed by atoms with van der Waals surface area (Å²) < 4.78 is 19.0. The van der Waals surface area contributed by atoms with Crippen LogP contribution in [-0.4, -0.2) is 18.4 Å². The van der Waals surface area contributed by atoms with Crippen molar-refractivity contribution in [3.8, 4) is 5.75 Å². The molecule has 0 fully saturated rings. The molecule has 3 rings (SSSR count). The Balaban J connectivity index is 2.10. The summed E-state index contributed by atoms with van der Waals surface area (Å²) >= 11 is 13.0. The second-order valence-corrected chi connectivity index (χ2v) is 11.6. The number of ketones is 1. The molecule has 1 unspecified atom stereocenters. The van der Waals surface area contributed by atoms with Crippen LogP contribution in [0.25, 0.3) is 0 Å². The van der Waals surface area contributed by atoms with Crippen LogP contribution in [0.5, 0.6) is 5.75 Å². The molecule has 0 saturated carbocycles. The summed E-state index contributed by atoms with van der Waals surface area (Å²) in [4.78, 5) is 26.4. The molecule has 0 amide bonds. The summed E-state index contributed by atoms with van der Waals surface area (Å²) in [5.41, 5.74) is 2.88. The van der Waals surface area contributed by atoms with Gasteiger partial charge in [0.2, 0.25) is 5.52 Å². The van der Waals surface area contributed by atoms with Crippen LogP contribution in [0.3, 0.4) is 0 Å². The highest BCUT2D eigenvalue weighted by molar-refractivity contribution is 7.72. The van der Waals surface area contributed by atoms with Crippen molar-refractivity contribution < 1.29 is 18.9 Å². The maximum atomic E-state index is 13.6. The van der Waals surface area contributed by atoms with Crippen molar-refractivity contribution in [2.24, 2.45) is 0 Å². The Labute approximate surface area is 211 Å². The number of hydrogen-bond acceptors (Lipinski definition) is 4. The zero-order valence-corrected chi connectivity index (χ0v) is 22.5. The average molecular weight is 517 g/mol. The lowest BCUT2D eigenvalue weighted by molar-refractivity contribution is 0.103. The summed E-state index contributed by atoms with van der Waals surface area (Å²) in [6.07, 6.45) is 0. The minimum Gasteiger partial charge on any atom is -0.494 e. The SMILES string of the molecule is COc1c(Cl)c(C(=O)c2ccccc2)cc(Cl)c1[PH](=O)C(=O)c1c(C)cc(C(C)(C)C)cc1C. The number of hydrogen-bond donors (Lipinski definition) is 0. The fraction of sp³-hybridized carbons (Fsp3) is 0.259. The lowest BCUT2D eigenvalue weighted by atomic mass is 9.84. The molecule has 34 heavy (non-hydrogen) atoms. The molecule has 0 aliphatic heterocycles. The fourth-order valence-electron chi connectivity index (χ4n) is 3.90. The average Bonchev–Trinajstić information content (AvgIpc) is 2.78. The van der Waals surface area contributed by atoms with E-state index >= 15 is 0 Å². The van der Waals surface area contributed by atoms with Gasteiger partial charge in [-0.05, 0) is 42.0 Å². The lowest BCUT2D eigenvalue weighted by Gasteiger charge is -2.22.